The van der Waals surface area contributed by atoms with Gasteiger partial charge in [0.2, 0.25) is 0 Å². The lowest BCUT2D eigenvalue weighted by Crippen LogP contribution is -2.47. The molecule has 132 valence electrons. The zero-order valence-electron chi connectivity index (χ0n) is 13.7. The van der Waals surface area contributed by atoms with E-state index in [0.29, 0.717) is 12.4 Å². The molecule has 0 aliphatic carbocycles. The van der Waals surface area contributed by atoms with E-state index in [1.54, 1.807) is 6.20 Å². The molecule has 2 atom stereocenters. The number of aliphatic carboxylic acids is 1. The number of rotatable bonds is 5. The number of hydrogen-bond donors (Lipinski definition) is 1. The Balaban J connectivity index is 1.38. The Bertz CT molecular complexity index is 745. The zero-order chi connectivity index (χ0) is 17.2. The van der Waals surface area contributed by atoms with Crippen LogP contribution in [0.25, 0.3) is 0 Å². The average molecular weight is 344 g/mol. The summed E-state index contributed by atoms with van der Waals surface area (Å²) in [6, 6.07) is 7.77. The van der Waals surface area contributed by atoms with Crippen LogP contribution in [0.5, 0.6) is 5.75 Å². The topological polar surface area (TPSA) is 89.7 Å². The lowest BCUT2D eigenvalue weighted by molar-refractivity contribution is -0.139. The van der Waals surface area contributed by atoms with Gasteiger partial charge in [0.15, 0.2) is 6.61 Å². The standard InChI is InChI=1S/C17H20N4O4/c22-17(23)11-24-14-3-1-12(2-4-14)8-20-6-5-16-15(9-20)21-13(10-25-16)7-18-19-21/h1-4,7,15-16H,5-6,8-11H2,(H,22,23)/t15-,16-/m1/s1. The summed E-state index contributed by atoms with van der Waals surface area (Å²) in [5, 5.41) is 16.9. The van der Waals surface area contributed by atoms with Crippen LogP contribution >= 0.6 is 0 Å². The third-order valence-electron chi connectivity index (χ3n) is 4.70. The van der Waals surface area contributed by atoms with E-state index in [1.807, 2.05) is 28.9 Å². The molecule has 25 heavy (non-hydrogen) atoms. The molecule has 1 fully saturated rings. The largest absolute Gasteiger partial charge is 0.482 e. The molecule has 3 heterocycles. The van der Waals surface area contributed by atoms with Crippen LogP contribution in [-0.4, -0.2) is 56.8 Å². The molecule has 2 aliphatic rings. The summed E-state index contributed by atoms with van der Waals surface area (Å²) < 4.78 is 13.1. The second-order valence-corrected chi connectivity index (χ2v) is 6.44. The molecule has 1 aromatic heterocycles. The number of hydrogen-bond acceptors (Lipinski definition) is 6. The first-order chi connectivity index (χ1) is 12.2. The van der Waals surface area contributed by atoms with Crippen molar-refractivity contribution in [2.45, 2.75) is 31.7 Å². The van der Waals surface area contributed by atoms with Gasteiger partial charge < -0.3 is 14.6 Å². The molecule has 0 radical (unpaired) electrons. The van der Waals surface area contributed by atoms with Gasteiger partial charge in [0.1, 0.15) is 5.75 Å². The summed E-state index contributed by atoms with van der Waals surface area (Å²) in [6.07, 6.45) is 2.95. The molecule has 0 bridgehead atoms. The lowest BCUT2D eigenvalue weighted by Gasteiger charge is -2.41. The molecule has 4 rings (SSSR count). The van der Waals surface area contributed by atoms with Crippen LogP contribution in [0.2, 0.25) is 0 Å². The molecule has 2 aromatic rings. The fourth-order valence-electron chi connectivity index (χ4n) is 3.48. The zero-order valence-corrected chi connectivity index (χ0v) is 13.7. The van der Waals surface area contributed by atoms with Gasteiger partial charge in [-0.05, 0) is 24.1 Å². The number of fused-ring (bicyclic) bond motifs is 3. The minimum atomic E-state index is -0.978. The Hall–Kier alpha value is -2.45. The molecule has 1 saturated heterocycles. The molecule has 8 nitrogen and oxygen atoms in total. The first-order valence-electron chi connectivity index (χ1n) is 8.35. The lowest BCUT2D eigenvalue weighted by atomic mass is 10.00. The van der Waals surface area contributed by atoms with Gasteiger partial charge in [0.05, 0.1) is 30.6 Å². The number of carboxylic acids is 1. The van der Waals surface area contributed by atoms with Gasteiger partial charge in [0.25, 0.3) is 0 Å². The minimum Gasteiger partial charge on any atom is -0.482 e. The van der Waals surface area contributed by atoms with Crippen LogP contribution < -0.4 is 4.74 Å². The highest BCUT2D eigenvalue weighted by molar-refractivity contribution is 5.68. The quantitative estimate of drug-likeness (QED) is 0.868. The summed E-state index contributed by atoms with van der Waals surface area (Å²) in [5.41, 5.74) is 2.19. The van der Waals surface area contributed by atoms with Gasteiger partial charge in [-0.3, -0.25) is 4.90 Å². The van der Waals surface area contributed by atoms with E-state index in [0.717, 1.165) is 37.3 Å². The van der Waals surface area contributed by atoms with Crippen LogP contribution in [0.3, 0.4) is 0 Å². The first kappa shape index (κ1) is 16.0. The van der Waals surface area contributed by atoms with Gasteiger partial charge in [-0.25, -0.2) is 9.48 Å². The monoisotopic (exact) mass is 344 g/mol. The molecular formula is C17H20N4O4. The predicted octanol–water partition coefficient (Wildman–Crippen LogP) is 1.09. The van der Waals surface area contributed by atoms with Gasteiger partial charge >= 0.3 is 5.97 Å². The highest BCUT2D eigenvalue weighted by atomic mass is 16.5. The number of ether oxygens (including phenoxy) is 2. The SMILES string of the molecule is O=C(O)COc1ccc(CN2CC[C@H]3OCc4cnnn4[C@@H]3C2)cc1. The molecule has 1 N–H and O–H groups in total. The van der Waals surface area contributed by atoms with Crippen LogP contribution in [0, 0.1) is 0 Å². The Kier molecular flexibility index (Phi) is 4.37. The van der Waals surface area contributed by atoms with E-state index in [2.05, 4.69) is 15.2 Å². The maximum atomic E-state index is 10.5. The van der Waals surface area contributed by atoms with E-state index < -0.39 is 5.97 Å². The summed E-state index contributed by atoms with van der Waals surface area (Å²) in [6.45, 7) is 2.94. The summed E-state index contributed by atoms with van der Waals surface area (Å²) in [5.74, 6) is -0.410. The third kappa shape index (κ3) is 3.49. The van der Waals surface area contributed by atoms with E-state index in [1.165, 1.54) is 0 Å². The smallest absolute Gasteiger partial charge is 0.341 e. The van der Waals surface area contributed by atoms with Crippen molar-refractivity contribution < 1.29 is 19.4 Å². The summed E-state index contributed by atoms with van der Waals surface area (Å²) >= 11 is 0. The molecule has 0 amide bonds. The molecule has 0 spiro atoms. The highest BCUT2D eigenvalue weighted by Crippen LogP contribution is 2.30. The number of likely N-dealkylation sites (tertiary alicyclic amines) is 1. The number of nitrogens with zero attached hydrogens (tertiary/aromatic N) is 4. The fourth-order valence-corrected chi connectivity index (χ4v) is 3.48. The van der Waals surface area contributed by atoms with Crippen molar-refractivity contribution in [1.29, 1.82) is 0 Å². The number of carbonyl (C=O) groups is 1. The van der Waals surface area contributed by atoms with Crippen molar-refractivity contribution in [3.63, 3.8) is 0 Å². The van der Waals surface area contributed by atoms with Crippen molar-refractivity contribution >= 4 is 5.97 Å². The molecule has 0 saturated carbocycles. The maximum Gasteiger partial charge on any atom is 0.341 e. The number of piperidine rings is 1. The molecule has 0 unspecified atom stereocenters. The maximum absolute atomic E-state index is 10.5. The molecular weight excluding hydrogens is 324 g/mol. The summed E-state index contributed by atoms with van der Waals surface area (Å²) in [4.78, 5) is 12.9. The van der Waals surface area contributed by atoms with Crippen LogP contribution in [0.1, 0.15) is 23.7 Å². The minimum absolute atomic E-state index is 0.206. The predicted molar refractivity (Wildman–Crippen MR) is 87.1 cm³/mol. The van der Waals surface area contributed by atoms with Gasteiger partial charge in [-0.1, -0.05) is 17.3 Å². The van der Waals surface area contributed by atoms with Crippen molar-refractivity contribution in [1.82, 2.24) is 19.9 Å². The van der Waals surface area contributed by atoms with E-state index >= 15 is 0 Å². The van der Waals surface area contributed by atoms with Crippen molar-refractivity contribution in [3.05, 3.63) is 41.7 Å². The van der Waals surface area contributed by atoms with Gasteiger partial charge in [0, 0.05) is 19.6 Å². The van der Waals surface area contributed by atoms with E-state index in [-0.39, 0.29) is 18.8 Å². The fraction of sp³-hybridized carbons (Fsp3) is 0.471. The Morgan fingerprint density at radius 2 is 2.20 bits per heavy atom. The number of benzene rings is 1. The highest BCUT2D eigenvalue weighted by Gasteiger charge is 2.36. The Morgan fingerprint density at radius 3 is 3.00 bits per heavy atom. The van der Waals surface area contributed by atoms with Crippen LogP contribution in [0.4, 0.5) is 0 Å². The van der Waals surface area contributed by atoms with Gasteiger partial charge in [-0.2, -0.15) is 0 Å². The first-order valence-corrected chi connectivity index (χ1v) is 8.35. The molecule has 8 heteroatoms. The molecule has 2 aliphatic heterocycles. The molecule has 1 aromatic carbocycles. The van der Waals surface area contributed by atoms with Crippen LogP contribution in [0.15, 0.2) is 30.5 Å². The number of carboxylic acid groups (broad SMARTS) is 1. The van der Waals surface area contributed by atoms with Crippen molar-refractivity contribution in [2.75, 3.05) is 19.7 Å². The Labute approximate surface area is 144 Å². The van der Waals surface area contributed by atoms with Gasteiger partial charge in [-0.15, -0.1) is 5.10 Å². The normalized spacial score (nSPS) is 22.9. The second kappa shape index (κ2) is 6.81. The second-order valence-electron chi connectivity index (χ2n) is 6.44. The van der Waals surface area contributed by atoms with E-state index in [4.69, 9.17) is 14.6 Å². The Morgan fingerprint density at radius 1 is 1.36 bits per heavy atom. The van der Waals surface area contributed by atoms with E-state index in [9.17, 15) is 4.79 Å². The average Bonchev–Trinajstić information content (AvgIpc) is 3.10. The van der Waals surface area contributed by atoms with Crippen molar-refractivity contribution in [3.8, 4) is 5.75 Å². The number of aromatic nitrogens is 3. The summed E-state index contributed by atoms with van der Waals surface area (Å²) in [7, 11) is 0. The van der Waals surface area contributed by atoms with Crippen LogP contribution in [-0.2, 0) is 22.7 Å². The third-order valence-corrected chi connectivity index (χ3v) is 4.70. The van der Waals surface area contributed by atoms with Crippen molar-refractivity contribution in [2.24, 2.45) is 0 Å².